The summed E-state index contributed by atoms with van der Waals surface area (Å²) in [7, 11) is 1.82. The number of hydrogen-bond donors (Lipinski definition) is 1. The zero-order valence-electron chi connectivity index (χ0n) is 17.4. The van der Waals surface area contributed by atoms with E-state index in [4.69, 9.17) is 4.52 Å². The molecule has 1 aliphatic rings. The van der Waals surface area contributed by atoms with Crippen molar-refractivity contribution in [3.05, 3.63) is 48.6 Å². The molecule has 0 radical (unpaired) electrons. The first kappa shape index (κ1) is 20.7. The molecule has 1 atom stereocenters. The first-order valence-electron chi connectivity index (χ1n) is 10.4. The highest BCUT2D eigenvalue weighted by Gasteiger charge is 2.24. The Balaban J connectivity index is 1.47. The van der Waals surface area contributed by atoms with Crippen molar-refractivity contribution in [2.45, 2.75) is 31.6 Å². The Kier molecular flexibility index (Phi) is 6.34. The van der Waals surface area contributed by atoms with Gasteiger partial charge in [-0.25, -0.2) is 4.98 Å². The van der Waals surface area contributed by atoms with E-state index in [2.05, 4.69) is 25.4 Å². The molecule has 1 fully saturated rings. The number of carbonyl (C=O) groups is 2. The lowest BCUT2D eigenvalue weighted by Crippen LogP contribution is -2.36. The Morgan fingerprint density at radius 2 is 2.19 bits per heavy atom. The molecule has 0 saturated carbocycles. The van der Waals surface area contributed by atoms with Gasteiger partial charge in [-0.1, -0.05) is 5.16 Å². The molecule has 2 amide bonds. The minimum atomic E-state index is -0.166. The van der Waals surface area contributed by atoms with Crippen LogP contribution in [0.15, 0.2) is 41.6 Å². The van der Waals surface area contributed by atoms with Crippen molar-refractivity contribution in [2.75, 3.05) is 19.6 Å². The molecule has 4 rings (SSSR count). The fourth-order valence-electron chi connectivity index (χ4n) is 3.64. The van der Waals surface area contributed by atoms with E-state index in [9.17, 15) is 9.59 Å². The minimum absolute atomic E-state index is 0.0110. The number of nitrogens with one attached hydrogen (secondary N) is 1. The van der Waals surface area contributed by atoms with Crippen LogP contribution < -0.4 is 5.32 Å². The topological polar surface area (TPSA) is 119 Å². The number of nitrogens with zero attached hydrogens (tertiary/aromatic N) is 6. The van der Waals surface area contributed by atoms with Gasteiger partial charge in [0.1, 0.15) is 5.69 Å². The van der Waals surface area contributed by atoms with Crippen LogP contribution in [0.25, 0.3) is 11.4 Å². The summed E-state index contributed by atoms with van der Waals surface area (Å²) in [6.07, 6.45) is 9.12. The number of carbonyl (C=O) groups excluding carboxylic acids is 2. The molecule has 4 heterocycles. The first-order chi connectivity index (χ1) is 15.1. The largest absolute Gasteiger partial charge is 0.356 e. The zero-order chi connectivity index (χ0) is 21.6. The molecule has 162 valence electrons. The quantitative estimate of drug-likeness (QED) is 0.682. The standard InChI is InChI=1S/C21H25N7O3/c1-27-13-17(24-14-27)21(30)28-10-3-5-15(6-9-23-18(29)7-11-28)20-25-19(26-31-20)16-4-2-8-22-12-16/h2,4,8,12-15H,3,5-7,9-11H2,1H3,(H,23,29). The van der Waals surface area contributed by atoms with Gasteiger partial charge in [0.2, 0.25) is 17.6 Å². The molecule has 1 N–H and O–H groups in total. The predicted octanol–water partition coefficient (Wildman–Crippen LogP) is 1.78. The van der Waals surface area contributed by atoms with Gasteiger partial charge in [-0.15, -0.1) is 0 Å². The van der Waals surface area contributed by atoms with E-state index >= 15 is 0 Å². The molecule has 0 aromatic carbocycles. The summed E-state index contributed by atoms with van der Waals surface area (Å²) in [6, 6.07) is 3.70. The lowest BCUT2D eigenvalue weighted by molar-refractivity contribution is -0.121. The van der Waals surface area contributed by atoms with Crippen LogP contribution in [0.3, 0.4) is 0 Å². The fraction of sp³-hybridized carbons (Fsp3) is 0.429. The van der Waals surface area contributed by atoms with E-state index in [0.29, 0.717) is 43.5 Å². The van der Waals surface area contributed by atoms with Crippen molar-refractivity contribution in [1.82, 2.24) is 34.9 Å². The molecule has 1 unspecified atom stereocenters. The summed E-state index contributed by atoms with van der Waals surface area (Å²) in [5.41, 5.74) is 1.17. The number of amides is 2. The summed E-state index contributed by atoms with van der Waals surface area (Å²) < 4.78 is 7.27. The van der Waals surface area contributed by atoms with Crippen LogP contribution in [0.5, 0.6) is 0 Å². The maximum atomic E-state index is 12.9. The maximum Gasteiger partial charge on any atom is 0.274 e. The third-order valence-electron chi connectivity index (χ3n) is 5.33. The lowest BCUT2D eigenvalue weighted by atomic mass is 9.99. The van der Waals surface area contributed by atoms with Crippen molar-refractivity contribution >= 4 is 11.8 Å². The molecule has 31 heavy (non-hydrogen) atoms. The van der Waals surface area contributed by atoms with Gasteiger partial charge < -0.3 is 19.3 Å². The van der Waals surface area contributed by atoms with Gasteiger partial charge >= 0.3 is 0 Å². The van der Waals surface area contributed by atoms with Crippen LogP contribution in [0.4, 0.5) is 0 Å². The first-order valence-corrected chi connectivity index (χ1v) is 10.4. The number of hydrogen-bond acceptors (Lipinski definition) is 7. The highest BCUT2D eigenvalue weighted by atomic mass is 16.5. The van der Waals surface area contributed by atoms with Crippen LogP contribution in [-0.4, -0.2) is 61.0 Å². The Labute approximate surface area is 179 Å². The van der Waals surface area contributed by atoms with Gasteiger partial charge in [0.05, 0.1) is 6.33 Å². The summed E-state index contributed by atoms with van der Waals surface area (Å²) in [5, 5.41) is 7.01. The minimum Gasteiger partial charge on any atom is -0.356 e. The Hall–Kier alpha value is -3.56. The summed E-state index contributed by atoms with van der Waals surface area (Å²) in [6.45, 7) is 1.41. The van der Waals surface area contributed by atoms with Gasteiger partial charge in [-0.05, 0) is 31.4 Å². The van der Waals surface area contributed by atoms with Crippen molar-refractivity contribution in [3.8, 4) is 11.4 Å². The van der Waals surface area contributed by atoms with E-state index in [-0.39, 0.29) is 24.2 Å². The second-order valence-electron chi connectivity index (χ2n) is 7.64. The molecule has 1 saturated heterocycles. The smallest absolute Gasteiger partial charge is 0.274 e. The Morgan fingerprint density at radius 1 is 1.29 bits per heavy atom. The molecule has 1 aliphatic heterocycles. The van der Waals surface area contributed by atoms with Gasteiger partial charge in [-0.2, -0.15) is 4.98 Å². The van der Waals surface area contributed by atoms with Crippen LogP contribution >= 0.6 is 0 Å². The predicted molar refractivity (Wildman–Crippen MR) is 111 cm³/mol. The van der Waals surface area contributed by atoms with Crippen LogP contribution in [0.2, 0.25) is 0 Å². The van der Waals surface area contributed by atoms with Crippen LogP contribution in [0, 0.1) is 0 Å². The second kappa shape index (κ2) is 9.50. The highest BCUT2D eigenvalue weighted by molar-refractivity contribution is 5.92. The van der Waals surface area contributed by atoms with Crippen molar-refractivity contribution in [3.63, 3.8) is 0 Å². The number of rotatable bonds is 3. The van der Waals surface area contributed by atoms with Gasteiger partial charge in [0.25, 0.3) is 5.91 Å². The zero-order valence-corrected chi connectivity index (χ0v) is 17.4. The third-order valence-corrected chi connectivity index (χ3v) is 5.33. The van der Waals surface area contributed by atoms with E-state index in [1.54, 1.807) is 34.4 Å². The molecule has 10 nitrogen and oxygen atoms in total. The van der Waals surface area contributed by atoms with Gasteiger partial charge in [0.15, 0.2) is 0 Å². The van der Waals surface area contributed by atoms with Crippen molar-refractivity contribution in [1.29, 1.82) is 0 Å². The molecule has 3 aromatic heterocycles. The van der Waals surface area contributed by atoms with Crippen molar-refractivity contribution in [2.24, 2.45) is 7.05 Å². The number of aromatic nitrogens is 5. The van der Waals surface area contributed by atoms with E-state index in [1.807, 2.05) is 19.2 Å². The SMILES string of the molecule is Cn1cnc(C(=O)N2CCCC(c3nc(-c4cccnc4)no3)CCNC(=O)CC2)c1. The molecule has 0 aliphatic carbocycles. The highest BCUT2D eigenvalue weighted by Crippen LogP contribution is 2.26. The van der Waals surface area contributed by atoms with E-state index in [0.717, 1.165) is 18.4 Å². The third kappa shape index (κ3) is 5.14. The molecule has 0 bridgehead atoms. The van der Waals surface area contributed by atoms with Gasteiger partial charge in [0, 0.05) is 63.2 Å². The molecular formula is C21H25N7O3. The monoisotopic (exact) mass is 423 g/mol. The van der Waals surface area contributed by atoms with E-state index in [1.165, 1.54) is 0 Å². The van der Waals surface area contributed by atoms with Crippen LogP contribution in [-0.2, 0) is 11.8 Å². The average molecular weight is 423 g/mol. The molecule has 10 heteroatoms. The Bertz CT molecular complexity index is 1030. The van der Waals surface area contributed by atoms with Gasteiger partial charge in [-0.3, -0.25) is 14.6 Å². The fourth-order valence-corrected chi connectivity index (χ4v) is 3.64. The Morgan fingerprint density at radius 3 is 2.97 bits per heavy atom. The van der Waals surface area contributed by atoms with Crippen LogP contribution in [0.1, 0.15) is 48.0 Å². The molecule has 0 spiro atoms. The summed E-state index contributed by atoms with van der Waals surface area (Å²) >= 11 is 0. The summed E-state index contributed by atoms with van der Waals surface area (Å²) in [5.74, 6) is 0.772. The number of aryl methyl sites for hydroxylation is 1. The second-order valence-corrected chi connectivity index (χ2v) is 7.64. The average Bonchev–Trinajstić information content (AvgIpc) is 3.43. The number of imidazole rings is 1. The van der Waals surface area contributed by atoms with E-state index < -0.39 is 0 Å². The lowest BCUT2D eigenvalue weighted by Gasteiger charge is -2.21. The molecule has 3 aromatic rings. The molecular weight excluding hydrogens is 398 g/mol. The van der Waals surface area contributed by atoms with Crippen molar-refractivity contribution < 1.29 is 14.1 Å². The maximum absolute atomic E-state index is 12.9. The summed E-state index contributed by atoms with van der Waals surface area (Å²) in [4.78, 5) is 39.6. The number of pyridine rings is 1. The normalized spacial score (nSPS) is 18.3.